The van der Waals surface area contributed by atoms with Crippen LogP contribution in [0.4, 0.5) is 4.39 Å². The second-order valence-corrected chi connectivity index (χ2v) is 8.91. The second-order valence-electron chi connectivity index (χ2n) is 8.91. The van der Waals surface area contributed by atoms with Crippen LogP contribution in [0.15, 0.2) is 72.8 Å². The minimum absolute atomic E-state index is 0.396. The molecule has 0 fully saturated rings. The van der Waals surface area contributed by atoms with Crippen molar-refractivity contribution in [1.29, 1.82) is 0 Å². The molecule has 3 aromatic carbocycles. The van der Waals surface area contributed by atoms with Gasteiger partial charge >= 0.3 is 0 Å². The third-order valence-corrected chi connectivity index (χ3v) is 6.23. The highest BCUT2D eigenvalue weighted by molar-refractivity contribution is 6.14. The predicted molar refractivity (Wildman–Crippen MR) is 154 cm³/mol. The molecule has 0 aliphatic rings. The summed E-state index contributed by atoms with van der Waals surface area (Å²) in [7, 11) is 6.02. The zero-order chi connectivity index (χ0) is 29.9. The largest absolute Gasteiger partial charge is 0.493 e. The molecule has 214 valence electrons. The monoisotopic (exact) mass is 561 g/mol. The van der Waals surface area contributed by atoms with Gasteiger partial charge in [-0.05, 0) is 65.2 Å². The summed E-state index contributed by atoms with van der Waals surface area (Å²) in [6.45, 7) is 1.28. The first kappa shape index (κ1) is 30.6. The first-order valence-corrected chi connectivity index (χ1v) is 12.6. The van der Waals surface area contributed by atoms with Gasteiger partial charge in [0.05, 0.1) is 34.5 Å². The number of ether oxygens (including phenoxy) is 4. The van der Waals surface area contributed by atoms with E-state index in [2.05, 4.69) is 5.32 Å². The highest BCUT2D eigenvalue weighted by Gasteiger charge is 2.34. The van der Waals surface area contributed by atoms with E-state index >= 15 is 0 Å². The van der Waals surface area contributed by atoms with Crippen LogP contribution in [0.2, 0.25) is 0 Å². The molecule has 1 unspecified atom stereocenters. The van der Waals surface area contributed by atoms with Gasteiger partial charge in [0.15, 0.2) is 34.6 Å². The van der Waals surface area contributed by atoms with Gasteiger partial charge in [-0.2, -0.15) is 0 Å². The summed E-state index contributed by atoms with van der Waals surface area (Å²) in [5.74, 6) is -1.46. The fraction of sp³-hybridized carbons (Fsp3) is 0.219. The van der Waals surface area contributed by atoms with E-state index in [0.29, 0.717) is 39.7 Å². The molecule has 0 heterocycles. The molecule has 0 aliphatic carbocycles. The molecule has 9 heteroatoms. The molecule has 41 heavy (non-hydrogen) atoms. The number of carbonyl (C=O) groups excluding carboxylic acids is 3. The Labute approximate surface area is 238 Å². The minimum Gasteiger partial charge on any atom is -0.493 e. The molecule has 0 saturated carbocycles. The molecule has 0 radical (unpaired) electrons. The van der Waals surface area contributed by atoms with E-state index in [0.717, 1.165) is 0 Å². The Morgan fingerprint density at radius 3 is 1.51 bits per heavy atom. The molecule has 0 bridgehead atoms. The molecule has 1 atom stereocenters. The van der Waals surface area contributed by atoms with Gasteiger partial charge in [-0.3, -0.25) is 14.4 Å². The summed E-state index contributed by atoms with van der Waals surface area (Å²) in [6, 6.07) is 14.4. The average molecular weight is 562 g/mol. The van der Waals surface area contributed by atoms with Crippen molar-refractivity contribution in [2.24, 2.45) is 5.92 Å². The number of hydrogen-bond acceptors (Lipinski definition) is 7. The Balaban J connectivity index is 2.02. The van der Waals surface area contributed by atoms with Gasteiger partial charge in [0.2, 0.25) is 5.91 Å². The van der Waals surface area contributed by atoms with E-state index in [1.165, 1.54) is 83.9 Å². The van der Waals surface area contributed by atoms with Crippen molar-refractivity contribution >= 4 is 29.6 Å². The van der Waals surface area contributed by atoms with Crippen LogP contribution < -0.4 is 24.3 Å². The first-order chi connectivity index (χ1) is 19.7. The Morgan fingerprint density at radius 2 is 1.12 bits per heavy atom. The van der Waals surface area contributed by atoms with Crippen molar-refractivity contribution < 1.29 is 37.7 Å². The normalized spacial score (nSPS) is 11.9. The van der Waals surface area contributed by atoms with Crippen LogP contribution in [0.5, 0.6) is 23.0 Å². The molecule has 1 amide bonds. The quantitative estimate of drug-likeness (QED) is 0.226. The SMILES string of the molecule is COc1ccc(/C=C/C(=O)C(C(=O)/C=C/c2ccc(OC)c(OC)c2)C(NC(C)=O)c2ccc(F)cc2)cc1OC. The second kappa shape index (κ2) is 14.5. The van der Waals surface area contributed by atoms with Gasteiger partial charge in [-0.25, -0.2) is 4.39 Å². The first-order valence-electron chi connectivity index (χ1n) is 12.6. The van der Waals surface area contributed by atoms with Crippen molar-refractivity contribution in [3.63, 3.8) is 0 Å². The van der Waals surface area contributed by atoms with E-state index in [-0.39, 0.29) is 0 Å². The number of allylic oxidation sites excluding steroid dienone is 2. The highest BCUT2D eigenvalue weighted by atomic mass is 19.1. The summed E-state index contributed by atoms with van der Waals surface area (Å²) >= 11 is 0. The topological polar surface area (TPSA) is 100 Å². The van der Waals surface area contributed by atoms with Gasteiger partial charge in [-0.1, -0.05) is 36.4 Å². The van der Waals surface area contributed by atoms with E-state index in [1.54, 1.807) is 36.4 Å². The van der Waals surface area contributed by atoms with E-state index in [9.17, 15) is 18.8 Å². The van der Waals surface area contributed by atoms with Crippen LogP contribution in [0, 0.1) is 11.7 Å². The van der Waals surface area contributed by atoms with Gasteiger partial charge in [0.1, 0.15) is 11.7 Å². The molecule has 0 saturated heterocycles. The number of benzene rings is 3. The Bertz CT molecular complexity index is 1370. The molecule has 8 nitrogen and oxygen atoms in total. The maximum absolute atomic E-state index is 13.7. The van der Waals surface area contributed by atoms with Gasteiger partial charge in [0, 0.05) is 6.92 Å². The van der Waals surface area contributed by atoms with Crippen molar-refractivity contribution in [1.82, 2.24) is 5.32 Å². The molecule has 1 N–H and O–H groups in total. The molecular formula is C32H32FNO7. The third-order valence-electron chi connectivity index (χ3n) is 6.23. The van der Waals surface area contributed by atoms with Gasteiger partial charge in [-0.15, -0.1) is 0 Å². The van der Waals surface area contributed by atoms with Crippen molar-refractivity contribution in [3.8, 4) is 23.0 Å². The molecule has 0 spiro atoms. The van der Waals surface area contributed by atoms with Crippen LogP contribution in [0.25, 0.3) is 12.2 Å². The number of ketones is 2. The van der Waals surface area contributed by atoms with Gasteiger partial charge in [0.25, 0.3) is 0 Å². The van der Waals surface area contributed by atoms with Crippen LogP contribution in [-0.4, -0.2) is 45.9 Å². The van der Waals surface area contributed by atoms with Crippen LogP contribution in [-0.2, 0) is 14.4 Å². The number of carbonyl (C=O) groups is 3. The lowest BCUT2D eigenvalue weighted by atomic mass is 9.85. The summed E-state index contributed by atoms with van der Waals surface area (Å²) in [5, 5.41) is 2.70. The smallest absolute Gasteiger partial charge is 0.217 e. The van der Waals surface area contributed by atoms with Crippen molar-refractivity contribution in [2.45, 2.75) is 13.0 Å². The molecule has 0 aromatic heterocycles. The van der Waals surface area contributed by atoms with Crippen LogP contribution in [0.3, 0.4) is 0 Å². The molecule has 0 aliphatic heterocycles. The average Bonchev–Trinajstić information content (AvgIpc) is 2.98. The third kappa shape index (κ3) is 8.04. The number of halogens is 1. The highest BCUT2D eigenvalue weighted by Crippen LogP contribution is 2.30. The predicted octanol–water partition coefficient (Wildman–Crippen LogP) is 5.22. The number of rotatable bonds is 13. The summed E-state index contributed by atoms with van der Waals surface area (Å²) in [6.07, 6.45) is 5.62. The lowest BCUT2D eigenvalue weighted by Gasteiger charge is -2.25. The number of amides is 1. The lowest BCUT2D eigenvalue weighted by Crippen LogP contribution is -2.39. The van der Waals surface area contributed by atoms with Gasteiger partial charge < -0.3 is 24.3 Å². The van der Waals surface area contributed by atoms with Crippen LogP contribution in [0.1, 0.15) is 29.7 Å². The van der Waals surface area contributed by atoms with E-state index in [4.69, 9.17) is 18.9 Å². The molecule has 3 rings (SSSR count). The Kier molecular flexibility index (Phi) is 10.8. The lowest BCUT2D eigenvalue weighted by molar-refractivity contribution is -0.129. The van der Waals surface area contributed by atoms with Crippen molar-refractivity contribution in [3.05, 3.63) is 95.3 Å². The zero-order valence-corrected chi connectivity index (χ0v) is 23.5. The summed E-state index contributed by atoms with van der Waals surface area (Å²) in [4.78, 5) is 39.4. The standard InChI is InChI=1S/C32H32FNO7/c1-20(35)34-32(23-10-12-24(33)13-11-23)31(25(36)14-6-21-8-16-27(38-2)29(18-21)40-4)26(37)15-7-22-9-17-28(39-3)30(19-22)41-5/h6-19,31-32H,1-5H3,(H,34,35)/b14-6+,15-7+. The fourth-order valence-electron chi connectivity index (χ4n) is 4.19. The maximum atomic E-state index is 13.7. The zero-order valence-electron chi connectivity index (χ0n) is 23.5. The number of hydrogen-bond donors (Lipinski definition) is 1. The maximum Gasteiger partial charge on any atom is 0.217 e. The summed E-state index contributed by atoms with van der Waals surface area (Å²) in [5.41, 5.74) is 1.65. The minimum atomic E-state index is -1.35. The molecular weight excluding hydrogens is 529 g/mol. The van der Waals surface area contributed by atoms with E-state index in [1.807, 2.05) is 0 Å². The Morgan fingerprint density at radius 1 is 0.683 bits per heavy atom. The number of methoxy groups -OCH3 is 4. The fourth-order valence-corrected chi connectivity index (χ4v) is 4.19. The van der Waals surface area contributed by atoms with Crippen molar-refractivity contribution in [2.75, 3.05) is 28.4 Å². The molecule has 3 aromatic rings. The van der Waals surface area contributed by atoms with E-state index < -0.39 is 35.3 Å². The summed E-state index contributed by atoms with van der Waals surface area (Å²) < 4.78 is 34.8. The number of nitrogens with one attached hydrogen (secondary N) is 1. The van der Waals surface area contributed by atoms with Crippen LogP contribution >= 0.6 is 0 Å². The Hall–Kier alpha value is -4.92.